The zero-order chi connectivity index (χ0) is 30.3. The van der Waals surface area contributed by atoms with Crippen LogP contribution in [0, 0.1) is 0 Å². The van der Waals surface area contributed by atoms with Crippen LogP contribution in [0.3, 0.4) is 0 Å². The molecule has 8 nitrogen and oxygen atoms in total. The van der Waals surface area contributed by atoms with Crippen molar-refractivity contribution in [3.8, 4) is 0 Å². The Morgan fingerprint density at radius 3 is 1.78 bits per heavy atom. The van der Waals surface area contributed by atoms with E-state index in [1.54, 1.807) is 0 Å². The fourth-order valence-corrected chi connectivity index (χ4v) is 7.68. The lowest BCUT2D eigenvalue weighted by molar-refractivity contribution is -0.167. The topological polar surface area (TPSA) is 106 Å². The fraction of sp³-hybridized carbons (Fsp3) is 1.00. The molecule has 0 spiro atoms. The Hall–Kier alpha value is -0.320. The van der Waals surface area contributed by atoms with Crippen LogP contribution in [-0.4, -0.2) is 86.2 Å². The summed E-state index contributed by atoms with van der Waals surface area (Å²) < 4.78 is 36.5. The molecule has 8 heteroatoms. The summed E-state index contributed by atoms with van der Waals surface area (Å²) in [5.41, 5.74) is -2.19. The molecule has 5 aliphatic rings. The van der Waals surface area contributed by atoms with Gasteiger partial charge in [0.05, 0.1) is 70.2 Å². The zero-order valence-electron chi connectivity index (χ0n) is 27.4. The standard InChI is InChI=1S/C33H58O8/c1-27(2)22(36-27)14-19-33(10)26(40-33)16-20-32(9)25(39-32)12-11-21(34)31(8)18-15-24(38-31)30(7,35)17-13-23-28(3,4)41-29(5,6)37-23/h21-26,34-35H,11-20H2,1-10H3/t21-,22-,23-,24-,25-,26-,30+,31+,32-,33-/m1/s1. The Morgan fingerprint density at radius 2 is 1.24 bits per heavy atom. The number of aliphatic hydroxyl groups excluding tert-OH is 1. The number of aliphatic hydroxyl groups is 2. The molecule has 2 N–H and O–H groups in total. The average Bonchev–Trinajstić information content (AvgIpc) is 3.74. The van der Waals surface area contributed by atoms with Crippen molar-refractivity contribution in [2.24, 2.45) is 0 Å². The lowest BCUT2D eigenvalue weighted by atomic mass is 9.86. The molecule has 5 aliphatic heterocycles. The van der Waals surface area contributed by atoms with E-state index >= 15 is 0 Å². The average molecular weight is 583 g/mol. The molecule has 238 valence electrons. The molecule has 5 fully saturated rings. The summed E-state index contributed by atoms with van der Waals surface area (Å²) in [6.45, 7) is 20.5. The molecule has 0 bridgehead atoms. The van der Waals surface area contributed by atoms with Crippen LogP contribution < -0.4 is 0 Å². The highest BCUT2D eigenvalue weighted by Crippen LogP contribution is 2.51. The molecular formula is C33H58O8. The highest BCUT2D eigenvalue weighted by Gasteiger charge is 2.58. The number of rotatable bonds is 14. The van der Waals surface area contributed by atoms with Gasteiger partial charge in [-0.3, -0.25) is 0 Å². The van der Waals surface area contributed by atoms with Gasteiger partial charge in [-0.1, -0.05) is 0 Å². The molecule has 0 radical (unpaired) electrons. The smallest absolute Gasteiger partial charge is 0.164 e. The van der Waals surface area contributed by atoms with E-state index in [2.05, 4.69) is 27.7 Å². The molecule has 0 saturated carbocycles. The Morgan fingerprint density at radius 1 is 0.707 bits per heavy atom. The van der Waals surface area contributed by atoms with E-state index < -0.39 is 28.7 Å². The Balaban J connectivity index is 1.01. The Bertz CT molecular complexity index is 963. The van der Waals surface area contributed by atoms with E-state index in [9.17, 15) is 10.2 Å². The van der Waals surface area contributed by atoms with Crippen molar-refractivity contribution in [3.63, 3.8) is 0 Å². The van der Waals surface area contributed by atoms with E-state index in [4.69, 9.17) is 28.4 Å². The second kappa shape index (κ2) is 10.4. The summed E-state index contributed by atoms with van der Waals surface area (Å²) in [6.07, 6.45) is 7.99. The minimum absolute atomic E-state index is 0.0180. The lowest BCUT2D eigenvalue weighted by Crippen LogP contribution is -2.46. The number of epoxide rings is 3. The van der Waals surface area contributed by atoms with E-state index in [1.165, 1.54) is 0 Å². The van der Waals surface area contributed by atoms with Crippen molar-refractivity contribution in [1.29, 1.82) is 0 Å². The number of hydrogen-bond donors (Lipinski definition) is 2. The van der Waals surface area contributed by atoms with Gasteiger partial charge in [0.1, 0.15) is 0 Å². The Kier molecular flexibility index (Phi) is 8.11. The summed E-state index contributed by atoms with van der Waals surface area (Å²) in [6, 6.07) is 0. The summed E-state index contributed by atoms with van der Waals surface area (Å²) in [5, 5.41) is 22.6. The second-order valence-corrected chi connectivity index (χ2v) is 16.3. The third kappa shape index (κ3) is 7.00. The van der Waals surface area contributed by atoms with Gasteiger partial charge in [-0.15, -0.1) is 0 Å². The third-order valence-electron chi connectivity index (χ3n) is 11.1. The van der Waals surface area contributed by atoms with Gasteiger partial charge in [-0.25, -0.2) is 0 Å². The molecule has 5 saturated heterocycles. The summed E-state index contributed by atoms with van der Waals surface area (Å²) in [4.78, 5) is 0. The van der Waals surface area contributed by atoms with Crippen molar-refractivity contribution < 1.29 is 38.6 Å². The quantitative estimate of drug-likeness (QED) is 0.256. The van der Waals surface area contributed by atoms with Crippen molar-refractivity contribution in [2.75, 3.05) is 0 Å². The molecule has 5 heterocycles. The molecule has 10 atom stereocenters. The first-order valence-electron chi connectivity index (χ1n) is 16.2. The van der Waals surface area contributed by atoms with E-state index in [1.807, 2.05) is 41.5 Å². The van der Waals surface area contributed by atoms with Crippen LogP contribution in [0.25, 0.3) is 0 Å². The van der Waals surface area contributed by atoms with Gasteiger partial charge in [0.2, 0.25) is 0 Å². The van der Waals surface area contributed by atoms with Gasteiger partial charge in [0.25, 0.3) is 0 Å². The molecular weight excluding hydrogens is 524 g/mol. The minimum Gasteiger partial charge on any atom is -0.390 e. The van der Waals surface area contributed by atoms with E-state index in [0.717, 1.165) is 44.9 Å². The summed E-state index contributed by atoms with van der Waals surface area (Å²) in [5.74, 6) is -0.622. The van der Waals surface area contributed by atoms with Crippen LogP contribution in [0.1, 0.15) is 133 Å². The van der Waals surface area contributed by atoms with Crippen LogP contribution in [0.2, 0.25) is 0 Å². The first-order chi connectivity index (χ1) is 18.7. The van der Waals surface area contributed by atoms with Gasteiger partial charge < -0.3 is 38.6 Å². The van der Waals surface area contributed by atoms with Gasteiger partial charge in [-0.2, -0.15) is 0 Å². The van der Waals surface area contributed by atoms with Crippen LogP contribution in [0.5, 0.6) is 0 Å². The molecule has 41 heavy (non-hydrogen) atoms. The van der Waals surface area contributed by atoms with Crippen LogP contribution in [0.4, 0.5) is 0 Å². The predicted molar refractivity (Wildman–Crippen MR) is 156 cm³/mol. The maximum Gasteiger partial charge on any atom is 0.164 e. The normalized spacial score (nSPS) is 45.8. The second-order valence-electron chi connectivity index (χ2n) is 16.3. The molecule has 0 aromatic carbocycles. The first-order valence-corrected chi connectivity index (χ1v) is 16.2. The number of ether oxygens (including phenoxy) is 6. The molecule has 5 rings (SSSR count). The third-order valence-corrected chi connectivity index (χ3v) is 11.1. The highest BCUT2D eigenvalue weighted by atomic mass is 16.8. The van der Waals surface area contributed by atoms with Crippen LogP contribution >= 0.6 is 0 Å². The molecule has 0 aromatic heterocycles. The van der Waals surface area contributed by atoms with Gasteiger partial charge >= 0.3 is 0 Å². The van der Waals surface area contributed by atoms with Gasteiger partial charge in [0.15, 0.2) is 5.79 Å². The highest BCUT2D eigenvalue weighted by molar-refractivity contribution is 5.07. The minimum atomic E-state index is -1.01. The predicted octanol–water partition coefficient (Wildman–Crippen LogP) is 5.58. The van der Waals surface area contributed by atoms with Crippen molar-refractivity contribution in [1.82, 2.24) is 0 Å². The SMILES string of the molecule is CC1(C)O[C@H](CC[C@](C)(O)[C@H]2CC[C@@](C)([C@H](O)CC[C@H]3O[C@]3(C)CC[C@H]3O[C@]3(C)CC[C@H]3OC3(C)C)O2)C(C)(C)O1. The number of hydrogen-bond acceptors (Lipinski definition) is 8. The van der Waals surface area contributed by atoms with Gasteiger partial charge in [-0.05, 0) is 133 Å². The molecule has 0 amide bonds. The first kappa shape index (κ1) is 32.1. The summed E-state index contributed by atoms with van der Waals surface area (Å²) in [7, 11) is 0. The lowest BCUT2D eigenvalue weighted by Gasteiger charge is -2.36. The van der Waals surface area contributed by atoms with Crippen molar-refractivity contribution >= 4 is 0 Å². The van der Waals surface area contributed by atoms with E-state index in [0.29, 0.717) is 31.5 Å². The maximum absolute atomic E-state index is 11.4. The fourth-order valence-electron chi connectivity index (χ4n) is 7.68. The maximum atomic E-state index is 11.4. The molecule has 0 unspecified atom stereocenters. The Labute approximate surface area is 248 Å². The molecule has 0 aromatic rings. The van der Waals surface area contributed by atoms with Crippen LogP contribution in [0.15, 0.2) is 0 Å². The monoisotopic (exact) mass is 582 g/mol. The van der Waals surface area contributed by atoms with E-state index in [-0.39, 0.29) is 35.1 Å². The summed E-state index contributed by atoms with van der Waals surface area (Å²) >= 11 is 0. The zero-order valence-corrected chi connectivity index (χ0v) is 27.4. The van der Waals surface area contributed by atoms with Crippen LogP contribution in [-0.2, 0) is 28.4 Å². The largest absolute Gasteiger partial charge is 0.390 e. The van der Waals surface area contributed by atoms with Crippen molar-refractivity contribution in [2.45, 2.75) is 209 Å². The van der Waals surface area contributed by atoms with Crippen molar-refractivity contribution in [3.05, 3.63) is 0 Å². The van der Waals surface area contributed by atoms with Gasteiger partial charge in [0, 0.05) is 0 Å². The molecule has 0 aliphatic carbocycles.